The highest BCUT2D eigenvalue weighted by molar-refractivity contribution is 6.62. The normalized spacial score (nSPS) is 11.6. The van der Waals surface area contributed by atoms with Gasteiger partial charge in [0.1, 0.15) is 15.6 Å². The molecule has 0 aromatic carbocycles. The van der Waals surface area contributed by atoms with E-state index in [1.54, 1.807) is 0 Å². The van der Waals surface area contributed by atoms with Crippen molar-refractivity contribution < 1.29 is 4.79 Å². The summed E-state index contributed by atoms with van der Waals surface area (Å²) in [4.78, 5) is 10.4. The molecule has 0 saturated carbocycles. The van der Waals surface area contributed by atoms with Crippen molar-refractivity contribution in [3.63, 3.8) is 0 Å². The van der Waals surface area contributed by atoms with Crippen molar-refractivity contribution in [1.82, 2.24) is 0 Å². The van der Waals surface area contributed by atoms with Gasteiger partial charge >= 0.3 is 0 Å². The third kappa shape index (κ3) is 2.74. The monoisotopic (exact) mass is 126 g/mol. The standard InChI is InChI=1S/C6H10OSi/c1-3-4-5(2)6(7)8/h4,8H,3H2,1-2H3. The molecule has 0 fully saturated rings. The van der Waals surface area contributed by atoms with Crippen LogP contribution >= 0.6 is 0 Å². The zero-order valence-corrected chi connectivity index (χ0v) is 6.42. The Kier molecular flexibility index (Phi) is 3.44. The van der Waals surface area contributed by atoms with Gasteiger partial charge < -0.3 is 4.79 Å². The van der Waals surface area contributed by atoms with E-state index in [2.05, 4.69) is 10.2 Å². The Balaban J connectivity index is 3.80. The summed E-state index contributed by atoms with van der Waals surface area (Å²) in [7, 11) is 2.14. The van der Waals surface area contributed by atoms with Crippen LogP contribution in [0.15, 0.2) is 11.6 Å². The first-order valence-electron chi connectivity index (χ1n) is 2.65. The van der Waals surface area contributed by atoms with Crippen LogP contribution in [-0.4, -0.2) is 15.6 Å². The second-order valence-corrected chi connectivity index (χ2v) is 2.18. The summed E-state index contributed by atoms with van der Waals surface area (Å²) < 4.78 is 0. The predicted octanol–water partition coefficient (Wildman–Crippen LogP) is 0.770. The second-order valence-electron chi connectivity index (χ2n) is 1.66. The Morgan fingerprint density at radius 3 is 2.38 bits per heavy atom. The minimum absolute atomic E-state index is 0.0897. The molecule has 0 N–H and O–H groups in total. The average molecular weight is 126 g/mol. The van der Waals surface area contributed by atoms with Crippen LogP contribution in [-0.2, 0) is 4.79 Å². The van der Waals surface area contributed by atoms with Crippen molar-refractivity contribution in [3.8, 4) is 0 Å². The molecule has 0 amide bonds. The topological polar surface area (TPSA) is 17.1 Å². The van der Waals surface area contributed by atoms with E-state index in [0.29, 0.717) is 0 Å². The van der Waals surface area contributed by atoms with Gasteiger partial charge in [-0.05, 0) is 18.9 Å². The molecule has 44 valence electrons. The first-order valence-corrected chi connectivity index (χ1v) is 3.22. The number of allylic oxidation sites excluding steroid dienone is 2. The smallest absolute Gasteiger partial charge is 0.127 e. The number of carbonyl (C=O) groups is 1. The third-order valence-corrected chi connectivity index (χ3v) is 1.35. The minimum Gasteiger partial charge on any atom is -0.301 e. The van der Waals surface area contributed by atoms with Crippen molar-refractivity contribution in [2.75, 3.05) is 0 Å². The second kappa shape index (κ2) is 3.61. The van der Waals surface area contributed by atoms with E-state index >= 15 is 0 Å². The molecule has 0 rings (SSSR count). The zero-order chi connectivity index (χ0) is 6.57. The maximum atomic E-state index is 10.4. The predicted molar refractivity (Wildman–Crippen MR) is 36.2 cm³/mol. The van der Waals surface area contributed by atoms with Gasteiger partial charge in [-0.1, -0.05) is 13.0 Å². The maximum absolute atomic E-state index is 10.4. The highest BCUT2D eigenvalue weighted by Crippen LogP contribution is 1.92. The Morgan fingerprint density at radius 2 is 2.25 bits per heavy atom. The van der Waals surface area contributed by atoms with Gasteiger partial charge in [-0.15, -0.1) is 0 Å². The molecule has 2 radical (unpaired) electrons. The lowest BCUT2D eigenvalue weighted by atomic mass is 10.3. The summed E-state index contributed by atoms with van der Waals surface area (Å²) >= 11 is 0. The van der Waals surface area contributed by atoms with Crippen molar-refractivity contribution in [1.29, 1.82) is 0 Å². The van der Waals surface area contributed by atoms with Crippen LogP contribution in [0, 0.1) is 0 Å². The lowest BCUT2D eigenvalue weighted by Gasteiger charge is -1.88. The molecule has 2 heteroatoms. The quantitative estimate of drug-likeness (QED) is 0.394. The lowest BCUT2D eigenvalue weighted by Crippen LogP contribution is -1.96. The minimum atomic E-state index is 0.0897. The van der Waals surface area contributed by atoms with E-state index in [9.17, 15) is 4.79 Å². The summed E-state index contributed by atoms with van der Waals surface area (Å²) in [6.45, 7) is 3.83. The van der Waals surface area contributed by atoms with Crippen LogP contribution in [0.5, 0.6) is 0 Å². The molecule has 0 aliphatic carbocycles. The van der Waals surface area contributed by atoms with E-state index in [4.69, 9.17) is 0 Å². The molecule has 0 bridgehead atoms. The highest BCUT2D eigenvalue weighted by atomic mass is 28.1. The lowest BCUT2D eigenvalue weighted by molar-refractivity contribution is -0.108. The van der Waals surface area contributed by atoms with Crippen molar-refractivity contribution in [3.05, 3.63) is 11.6 Å². The van der Waals surface area contributed by atoms with Crippen molar-refractivity contribution in [2.24, 2.45) is 0 Å². The molecule has 0 aromatic rings. The number of carbonyl (C=O) groups excluding carboxylic acids is 1. The van der Waals surface area contributed by atoms with E-state index < -0.39 is 0 Å². The molecule has 0 aliphatic heterocycles. The first kappa shape index (κ1) is 7.63. The van der Waals surface area contributed by atoms with Crippen molar-refractivity contribution in [2.45, 2.75) is 20.3 Å². The largest absolute Gasteiger partial charge is 0.301 e. The van der Waals surface area contributed by atoms with Crippen LogP contribution < -0.4 is 0 Å². The maximum Gasteiger partial charge on any atom is 0.127 e. The molecular weight excluding hydrogens is 116 g/mol. The SMILES string of the molecule is CCC=C(C)C(=O)[SiH]. The molecule has 0 aromatic heterocycles. The van der Waals surface area contributed by atoms with E-state index in [1.807, 2.05) is 19.9 Å². The molecule has 0 saturated heterocycles. The Morgan fingerprint density at radius 1 is 1.75 bits per heavy atom. The molecule has 0 unspecified atom stereocenters. The summed E-state index contributed by atoms with van der Waals surface area (Å²) in [5.74, 6) is 0. The average Bonchev–Trinajstić information content (AvgIpc) is 1.67. The fraction of sp³-hybridized carbons (Fsp3) is 0.500. The fourth-order valence-corrected chi connectivity index (χ4v) is 0.525. The van der Waals surface area contributed by atoms with E-state index in [-0.39, 0.29) is 5.41 Å². The van der Waals surface area contributed by atoms with Crippen LogP contribution in [0.2, 0.25) is 0 Å². The number of hydrogen-bond acceptors (Lipinski definition) is 1. The van der Waals surface area contributed by atoms with Gasteiger partial charge in [0.15, 0.2) is 0 Å². The van der Waals surface area contributed by atoms with Gasteiger partial charge in [0.2, 0.25) is 0 Å². The third-order valence-electron chi connectivity index (χ3n) is 0.899. The van der Waals surface area contributed by atoms with Gasteiger partial charge in [0.25, 0.3) is 0 Å². The Labute approximate surface area is 53.2 Å². The molecule has 0 spiro atoms. The summed E-state index contributed by atoms with van der Waals surface area (Å²) in [6, 6.07) is 0. The molecular formula is C6H10OSi. The molecule has 1 nitrogen and oxygen atoms in total. The van der Waals surface area contributed by atoms with Crippen LogP contribution in [0.1, 0.15) is 20.3 Å². The van der Waals surface area contributed by atoms with Gasteiger partial charge in [0.05, 0.1) is 0 Å². The van der Waals surface area contributed by atoms with E-state index in [1.165, 1.54) is 0 Å². The fourth-order valence-electron chi connectivity index (χ4n) is 0.407. The van der Waals surface area contributed by atoms with Gasteiger partial charge in [-0.2, -0.15) is 0 Å². The van der Waals surface area contributed by atoms with Gasteiger partial charge in [-0.25, -0.2) is 0 Å². The molecule has 0 aliphatic rings. The summed E-state index contributed by atoms with van der Waals surface area (Å²) in [5, 5.41) is 0.0897. The van der Waals surface area contributed by atoms with Crippen molar-refractivity contribution >= 4 is 15.6 Å². The van der Waals surface area contributed by atoms with Crippen LogP contribution in [0.3, 0.4) is 0 Å². The van der Waals surface area contributed by atoms with Gasteiger partial charge in [0, 0.05) is 0 Å². The summed E-state index contributed by atoms with van der Waals surface area (Å²) in [5.41, 5.74) is 0.831. The first-order chi connectivity index (χ1) is 3.68. The Bertz CT molecular complexity index is 116. The molecule has 0 atom stereocenters. The van der Waals surface area contributed by atoms with Crippen LogP contribution in [0.4, 0.5) is 0 Å². The zero-order valence-electron chi connectivity index (χ0n) is 5.27. The highest BCUT2D eigenvalue weighted by Gasteiger charge is 1.90. The molecule has 8 heavy (non-hydrogen) atoms. The van der Waals surface area contributed by atoms with Gasteiger partial charge in [-0.3, -0.25) is 0 Å². The Hall–Kier alpha value is -0.373. The molecule has 0 heterocycles. The number of rotatable bonds is 2. The number of hydrogen-bond donors (Lipinski definition) is 0. The van der Waals surface area contributed by atoms with E-state index in [0.717, 1.165) is 12.0 Å². The summed E-state index contributed by atoms with van der Waals surface area (Å²) in [6.07, 6.45) is 2.85. The van der Waals surface area contributed by atoms with Crippen LogP contribution in [0.25, 0.3) is 0 Å².